The van der Waals surface area contributed by atoms with Crippen LogP contribution in [0.1, 0.15) is 26.3 Å². The number of rotatable bonds is 7. The van der Waals surface area contributed by atoms with Crippen LogP contribution in [0, 0.1) is 0 Å². The fourth-order valence-corrected chi connectivity index (χ4v) is 2.77. The lowest BCUT2D eigenvalue weighted by Crippen LogP contribution is -2.09. The van der Waals surface area contributed by atoms with Crippen LogP contribution < -0.4 is 14.2 Å². The largest absolute Gasteiger partial charge is 0.497 e. The number of methoxy groups -OCH3 is 2. The molecule has 0 saturated heterocycles. The molecule has 0 unspecified atom stereocenters. The Bertz CT molecular complexity index is 1070. The van der Waals surface area contributed by atoms with Gasteiger partial charge in [-0.2, -0.15) is 0 Å². The van der Waals surface area contributed by atoms with Crippen molar-refractivity contribution in [2.75, 3.05) is 14.2 Å². The van der Waals surface area contributed by atoms with Gasteiger partial charge in [-0.1, -0.05) is 23.7 Å². The zero-order chi connectivity index (χ0) is 21.5. The minimum atomic E-state index is -0.517. The summed E-state index contributed by atoms with van der Waals surface area (Å²) in [4.78, 5) is 24.6. The average Bonchev–Trinajstić information content (AvgIpc) is 2.78. The maximum absolute atomic E-state index is 12.4. The van der Waals surface area contributed by atoms with E-state index >= 15 is 0 Å². The van der Waals surface area contributed by atoms with Crippen molar-refractivity contribution < 1.29 is 23.8 Å². The molecule has 0 bridgehead atoms. The summed E-state index contributed by atoms with van der Waals surface area (Å²) in [5.74, 6) is 0.628. The van der Waals surface area contributed by atoms with Crippen LogP contribution in [-0.4, -0.2) is 26.0 Å². The number of esters is 1. The molecule has 0 fully saturated rings. The monoisotopic (exact) mass is 422 g/mol. The van der Waals surface area contributed by atoms with Gasteiger partial charge in [0.15, 0.2) is 17.3 Å². The van der Waals surface area contributed by atoms with Crippen molar-refractivity contribution in [1.29, 1.82) is 0 Å². The first-order chi connectivity index (χ1) is 14.5. The third kappa shape index (κ3) is 5.27. The van der Waals surface area contributed by atoms with E-state index in [0.717, 1.165) is 5.56 Å². The van der Waals surface area contributed by atoms with Crippen molar-refractivity contribution in [3.05, 3.63) is 94.5 Å². The van der Waals surface area contributed by atoms with Gasteiger partial charge in [-0.3, -0.25) is 4.79 Å². The van der Waals surface area contributed by atoms with Gasteiger partial charge in [0.2, 0.25) is 0 Å². The van der Waals surface area contributed by atoms with E-state index in [2.05, 4.69) is 0 Å². The van der Waals surface area contributed by atoms with Crippen molar-refractivity contribution in [3.63, 3.8) is 0 Å². The Kier molecular flexibility index (Phi) is 6.88. The molecule has 0 aliphatic heterocycles. The van der Waals surface area contributed by atoms with Gasteiger partial charge in [0.05, 0.1) is 19.8 Å². The zero-order valence-electron chi connectivity index (χ0n) is 16.4. The Balaban J connectivity index is 1.73. The molecule has 0 aromatic heterocycles. The Morgan fingerprint density at radius 1 is 0.800 bits per heavy atom. The maximum atomic E-state index is 12.4. The van der Waals surface area contributed by atoms with Crippen LogP contribution in [0.5, 0.6) is 17.2 Å². The van der Waals surface area contributed by atoms with Gasteiger partial charge in [0, 0.05) is 10.6 Å². The molecule has 0 radical (unpaired) electrons. The van der Waals surface area contributed by atoms with E-state index in [9.17, 15) is 9.59 Å². The molecular formula is C24H19ClO5. The SMILES string of the molecule is COc1ccc(C(=O)Oc2ccc(C=CC(=O)c3ccc(Cl)cc3)cc2OC)cc1. The van der Waals surface area contributed by atoms with Crippen LogP contribution >= 0.6 is 11.6 Å². The Morgan fingerprint density at radius 2 is 1.47 bits per heavy atom. The minimum Gasteiger partial charge on any atom is -0.497 e. The van der Waals surface area contributed by atoms with Gasteiger partial charge in [-0.25, -0.2) is 4.79 Å². The van der Waals surface area contributed by atoms with Gasteiger partial charge >= 0.3 is 5.97 Å². The minimum absolute atomic E-state index is 0.152. The second-order valence-corrected chi connectivity index (χ2v) is 6.67. The topological polar surface area (TPSA) is 61.8 Å². The first kappa shape index (κ1) is 21.1. The molecule has 30 heavy (non-hydrogen) atoms. The van der Waals surface area contributed by atoms with Crippen molar-refractivity contribution in [3.8, 4) is 17.2 Å². The molecule has 0 saturated carbocycles. The van der Waals surface area contributed by atoms with Crippen molar-refractivity contribution in [1.82, 2.24) is 0 Å². The number of carbonyl (C=O) groups excluding carboxylic acids is 2. The summed E-state index contributed by atoms with van der Waals surface area (Å²) in [5.41, 5.74) is 1.64. The highest BCUT2D eigenvalue weighted by Crippen LogP contribution is 2.29. The summed E-state index contributed by atoms with van der Waals surface area (Å²) in [5, 5.41) is 0.569. The molecule has 0 spiro atoms. The Hall–Kier alpha value is -3.57. The van der Waals surface area contributed by atoms with Crippen LogP contribution in [0.15, 0.2) is 72.8 Å². The summed E-state index contributed by atoms with van der Waals surface area (Å²) in [7, 11) is 3.03. The number of benzene rings is 3. The maximum Gasteiger partial charge on any atom is 0.343 e. The van der Waals surface area contributed by atoms with Crippen LogP contribution in [0.3, 0.4) is 0 Å². The first-order valence-corrected chi connectivity index (χ1v) is 9.40. The van der Waals surface area contributed by atoms with Gasteiger partial charge < -0.3 is 14.2 Å². The van der Waals surface area contributed by atoms with E-state index in [1.165, 1.54) is 13.2 Å². The van der Waals surface area contributed by atoms with Crippen LogP contribution in [0.2, 0.25) is 5.02 Å². The van der Waals surface area contributed by atoms with E-state index in [1.54, 1.807) is 79.9 Å². The number of carbonyl (C=O) groups is 2. The summed E-state index contributed by atoms with van der Waals surface area (Å²) in [6, 6.07) is 18.3. The highest BCUT2D eigenvalue weighted by molar-refractivity contribution is 6.30. The van der Waals surface area contributed by atoms with Crippen LogP contribution in [0.4, 0.5) is 0 Å². The van der Waals surface area contributed by atoms with E-state index in [4.69, 9.17) is 25.8 Å². The van der Waals surface area contributed by atoms with E-state index in [1.807, 2.05) is 0 Å². The lowest BCUT2D eigenvalue weighted by molar-refractivity contribution is 0.0729. The van der Waals surface area contributed by atoms with E-state index in [0.29, 0.717) is 27.6 Å². The molecule has 3 rings (SSSR count). The van der Waals surface area contributed by atoms with Gasteiger partial charge in [0.25, 0.3) is 0 Å². The predicted molar refractivity (Wildman–Crippen MR) is 116 cm³/mol. The summed E-state index contributed by atoms with van der Waals surface area (Å²) < 4.78 is 15.9. The molecule has 3 aromatic carbocycles. The van der Waals surface area contributed by atoms with Crippen molar-refractivity contribution in [2.45, 2.75) is 0 Å². The molecular weight excluding hydrogens is 404 g/mol. The Labute approximate surface area is 179 Å². The average molecular weight is 423 g/mol. The highest BCUT2D eigenvalue weighted by atomic mass is 35.5. The molecule has 0 N–H and O–H groups in total. The second-order valence-electron chi connectivity index (χ2n) is 6.23. The fourth-order valence-electron chi connectivity index (χ4n) is 2.64. The van der Waals surface area contributed by atoms with Gasteiger partial charge in [-0.15, -0.1) is 0 Å². The Morgan fingerprint density at radius 3 is 2.10 bits per heavy atom. The predicted octanol–water partition coefficient (Wildman–Crippen LogP) is 5.47. The zero-order valence-corrected chi connectivity index (χ0v) is 17.2. The van der Waals surface area contributed by atoms with E-state index in [-0.39, 0.29) is 11.5 Å². The van der Waals surface area contributed by atoms with Crippen LogP contribution in [-0.2, 0) is 0 Å². The van der Waals surface area contributed by atoms with Crippen molar-refractivity contribution >= 4 is 29.4 Å². The molecule has 0 aliphatic rings. The summed E-state index contributed by atoms with van der Waals surface area (Å²) >= 11 is 5.84. The molecule has 0 aliphatic carbocycles. The third-order valence-electron chi connectivity index (χ3n) is 4.27. The molecule has 5 nitrogen and oxygen atoms in total. The number of halogens is 1. The van der Waals surface area contributed by atoms with Gasteiger partial charge in [0.1, 0.15) is 5.75 Å². The number of hydrogen-bond acceptors (Lipinski definition) is 5. The molecule has 3 aromatic rings. The summed E-state index contributed by atoms with van der Waals surface area (Å²) in [6.45, 7) is 0. The lowest BCUT2D eigenvalue weighted by Gasteiger charge is -2.10. The molecule has 6 heteroatoms. The van der Waals surface area contributed by atoms with Crippen molar-refractivity contribution in [2.24, 2.45) is 0 Å². The second kappa shape index (κ2) is 9.76. The molecule has 0 heterocycles. The number of ketones is 1. The first-order valence-electron chi connectivity index (χ1n) is 9.02. The molecule has 0 amide bonds. The normalized spacial score (nSPS) is 10.6. The van der Waals surface area contributed by atoms with E-state index < -0.39 is 5.97 Å². The molecule has 0 atom stereocenters. The van der Waals surface area contributed by atoms with Gasteiger partial charge in [-0.05, 0) is 72.3 Å². The number of hydrogen-bond donors (Lipinski definition) is 0. The van der Waals surface area contributed by atoms with Crippen LogP contribution in [0.25, 0.3) is 6.08 Å². The number of ether oxygens (including phenoxy) is 3. The fraction of sp³-hybridized carbons (Fsp3) is 0.0833. The number of allylic oxidation sites excluding steroid dienone is 1. The lowest BCUT2D eigenvalue weighted by atomic mass is 10.1. The standard InChI is InChI=1S/C24H19ClO5/c1-28-20-11-7-18(8-12-20)24(27)30-22-14-4-16(15-23(22)29-2)3-13-21(26)17-5-9-19(25)10-6-17/h3-15H,1-2H3. The third-order valence-corrected chi connectivity index (χ3v) is 4.52. The quantitative estimate of drug-likeness (QED) is 0.218. The smallest absolute Gasteiger partial charge is 0.343 e. The summed E-state index contributed by atoms with van der Waals surface area (Å²) in [6.07, 6.45) is 3.12. The highest BCUT2D eigenvalue weighted by Gasteiger charge is 2.13. The molecule has 152 valence electrons.